The predicted octanol–water partition coefficient (Wildman–Crippen LogP) is 6.04. The Morgan fingerprint density at radius 3 is 2.53 bits per heavy atom. The van der Waals surface area contributed by atoms with Crippen molar-refractivity contribution in [2.45, 2.75) is 26.4 Å². The molecule has 32 heavy (non-hydrogen) atoms. The summed E-state index contributed by atoms with van der Waals surface area (Å²) in [6, 6.07) is 12.0. The second kappa shape index (κ2) is 9.61. The van der Waals surface area contributed by atoms with Gasteiger partial charge in [-0.2, -0.15) is 0 Å². The van der Waals surface area contributed by atoms with E-state index in [1.165, 1.54) is 11.0 Å². The standard InChI is InChI=1S/C24H27ClFN3O3/c1-24(2,3)32-23(30)28(4)12-13-29(16-6-8-20(26)19(25)14-16)22-10-11-27-21-9-7-17(31-5)15-18(21)22/h6-11,14-15H,12-13H2,1-5H3. The van der Waals surface area contributed by atoms with E-state index in [2.05, 4.69) is 4.98 Å². The third-order valence-corrected chi connectivity index (χ3v) is 5.09. The summed E-state index contributed by atoms with van der Waals surface area (Å²) in [7, 11) is 3.28. The number of halogens is 2. The molecule has 0 aliphatic heterocycles. The van der Waals surface area contributed by atoms with Crippen LogP contribution >= 0.6 is 11.6 Å². The van der Waals surface area contributed by atoms with Gasteiger partial charge < -0.3 is 19.3 Å². The third-order valence-electron chi connectivity index (χ3n) is 4.80. The van der Waals surface area contributed by atoms with Gasteiger partial charge in [-0.05, 0) is 63.2 Å². The minimum atomic E-state index is -0.590. The van der Waals surface area contributed by atoms with Gasteiger partial charge in [0.1, 0.15) is 17.2 Å². The van der Waals surface area contributed by atoms with Crippen LogP contribution in [0.15, 0.2) is 48.7 Å². The van der Waals surface area contributed by atoms with Crippen molar-refractivity contribution in [2.75, 3.05) is 32.1 Å². The van der Waals surface area contributed by atoms with Crippen molar-refractivity contribution in [3.8, 4) is 5.75 Å². The fourth-order valence-electron chi connectivity index (χ4n) is 3.20. The van der Waals surface area contributed by atoms with E-state index in [-0.39, 0.29) is 5.02 Å². The Morgan fingerprint density at radius 2 is 1.88 bits per heavy atom. The van der Waals surface area contributed by atoms with Gasteiger partial charge in [0.15, 0.2) is 0 Å². The van der Waals surface area contributed by atoms with Crippen molar-refractivity contribution in [2.24, 2.45) is 0 Å². The van der Waals surface area contributed by atoms with E-state index in [1.807, 2.05) is 49.9 Å². The number of methoxy groups -OCH3 is 1. The lowest BCUT2D eigenvalue weighted by atomic mass is 10.1. The molecule has 3 aromatic rings. The van der Waals surface area contributed by atoms with Gasteiger partial charge in [0, 0.05) is 37.4 Å². The van der Waals surface area contributed by atoms with E-state index >= 15 is 0 Å². The molecule has 0 aliphatic rings. The number of anilines is 2. The second-order valence-electron chi connectivity index (χ2n) is 8.37. The number of benzene rings is 2. The van der Waals surface area contributed by atoms with Crippen LogP contribution < -0.4 is 9.64 Å². The van der Waals surface area contributed by atoms with Crippen LogP contribution in [-0.2, 0) is 4.74 Å². The van der Waals surface area contributed by atoms with Gasteiger partial charge >= 0.3 is 6.09 Å². The summed E-state index contributed by atoms with van der Waals surface area (Å²) in [6.45, 7) is 6.23. The largest absolute Gasteiger partial charge is 0.497 e. The molecule has 170 valence electrons. The molecule has 0 N–H and O–H groups in total. The molecule has 0 radical (unpaired) electrons. The zero-order valence-electron chi connectivity index (χ0n) is 18.9. The highest BCUT2D eigenvalue weighted by Crippen LogP contribution is 2.34. The van der Waals surface area contributed by atoms with E-state index in [9.17, 15) is 9.18 Å². The summed E-state index contributed by atoms with van der Waals surface area (Å²) in [4.78, 5) is 20.3. The second-order valence-corrected chi connectivity index (χ2v) is 8.77. The molecule has 1 aromatic heterocycles. The lowest BCUT2D eigenvalue weighted by Gasteiger charge is -2.30. The minimum absolute atomic E-state index is 0.0175. The number of hydrogen-bond donors (Lipinski definition) is 0. The molecule has 0 unspecified atom stereocenters. The van der Waals surface area contributed by atoms with Crippen molar-refractivity contribution in [3.63, 3.8) is 0 Å². The van der Waals surface area contributed by atoms with E-state index < -0.39 is 17.5 Å². The van der Waals surface area contributed by atoms with E-state index in [1.54, 1.807) is 32.5 Å². The molecule has 0 fully saturated rings. The summed E-state index contributed by atoms with van der Waals surface area (Å²) >= 11 is 6.08. The summed E-state index contributed by atoms with van der Waals surface area (Å²) in [5.74, 6) is 0.192. The zero-order chi connectivity index (χ0) is 23.5. The maximum atomic E-state index is 13.8. The van der Waals surface area contributed by atoms with E-state index in [0.29, 0.717) is 24.5 Å². The molecule has 2 aromatic carbocycles. The first-order valence-corrected chi connectivity index (χ1v) is 10.6. The Kier molecular flexibility index (Phi) is 7.09. The summed E-state index contributed by atoms with van der Waals surface area (Å²) in [6.07, 6.45) is 1.29. The number of fused-ring (bicyclic) bond motifs is 1. The quantitative estimate of drug-likeness (QED) is 0.449. The number of nitrogens with zero attached hydrogens (tertiary/aromatic N) is 3. The molecular formula is C24H27ClFN3O3. The first-order chi connectivity index (χ1) is 15.1. The lowest BCUT2D eigenvalue weighted by molar-refractivity contribution is 0.0304. The van der Waals surface area contributed by atoms with Crippen LogP contribution in [0, 0.1) is 5.82 Å². The molecule has 0 spiro atoms. The third kappa shape index (κ3) is 5.59. The molecule has 8 heteroatoms. The van der Waals surface area contributed by atoms with Crippen LogP contribution in [-0.4, -0.2) is 48.8 Å². The van der Waals surface area contributed by atoms with Crippen molar-refractivity contribution in [1.82, 2.24) is 9.88 Å². The number of likely N-dealkylation sites (N-methyl/N-ethyl adjacent to an activating group) is 1. The Morgan fingerprint density at radius 1 is 1.12 bits per heavy atom. The Labute approximate surface area is 192 Å². The number of amides is 1. The molecule has 0 saturated heterocycles. The van der Waals surface area contributed by atoms with Crippen LogP contribution in [0.3, 0.4) is 0 Å². The predicted molar refractivity (Wildman–Crippen MR) is 126 cm³/mol. The van der Waals surface area contributed by atoms with Gasteiger partial charge in [0.25, 0.3) is 0 Å². The maximum Gasteiger partial charge on any atom is 0.410 e. The number of rotatable bonds is 6. The molecule has 0 atom stereocenters. The number of carbonyl (C=O) groups is 1. The molecule has 0 saturated carbocycles. The summed E-state index contributed by atoms with van der Waals surface area (Å²) < 4.78 is 24.7. The SMILES string of the molecule is COc1ccc2nccc(N(CCN(C)C(=O)OC(C)(C)C)c3ccc(F)c(Cl)c3)c2c1. The number of carbonyl (C=O) groups excluding carboxylic acids is 1. The van der Waals surface area contributed by atoms with Crippen LogP contribution in [0.25, 0.3) is 10.9 Å². The van der Waals surface area contributed by atoms with Gasteiger partial charge in [0.05, 0.1) is 23.3 Å². The highest BCUT2D eigenvalue weighted by molar-refractivity contribution is 6.31. The number of ether oxygens (including phenoxy) is 2. The van der Waals surface area contributed by atoms with Crippen LogP contribution in [0.4, 0.5) is 20.6 Å². The summed E-state index contributed by atoms with van der Waals surface area (Å²) in [5, 5.41) is 0.871. The first kappa shape index (κ1) is 23.6. The van der Waals surface area contributed by atoms with Crippen molar-refractivity contribution >= 4 is 40.0 Å². The van der Waals surface area contributed by atoms with Crippen LogP contribution in [0.2, 0.25) is 5.02 Å². The van der Waals surface area contributed by atoms with Gasteiger partial charge in [-0.1, -0.05) is 11.6 Å². The highest BCUT2D eigenvalue weighted by Gasteiger charge is 2.21. The Hall–Kier alpha value is -3.06. The summed E-state index contributed by atoms with van der Waals surface area (Å²) in [5.41, 5.74) is 1.70. The van der Waals surface area contributed by atoms with Crippen molar-refractivity contribution in [3.05, 3.63) is 59.5 Å². The Balaban J connectivity index is 2.00. The van der Waals surface area contributed by atoms with Crippen molar-refractivity contribution < 1.29 is 18.7 Å². The van der Waals surface area contributed by atoms with Gasteiger partial charge in [-0.15, -0.1) is 0 Å². The molecule has 0 bridgehead atoms. The molecular weight excluding hydrogens is 433 g/mol. The van der Waals surface area contributed by atoms with Gasteiger partial charge in [-0.25, -0.2) is 9.18 Å². The molecule has 0 aliphatic carbocycles. The lowest BCUT2D eigenvalue weighted by Crippen LogP contribution is -2.38. The van der Waals surface area contributed by atoms with Crippen molar-refractivity contribution in [1.29, 1.82) is 0 Å². The highest BCUT2D eigenvalue weighted by atomic mass is 35.5. The zero-order valence-corrected chi connectivity index (χ0v) is 19.6. The number of hydrogen-bond acceptors (Lipinski definition) is 5. The molecule has 3 rings (SSSR count). The monoisotopic (exact) mass is 459 g/mol. The average molecular weight is 460 g/mol. The Bertz CT molecular complexity index is 1120. The van der Waals surface area contributed by atoms with Gasteiger partial charge in [-0.3, -0.25) is 4.98 Å². The number of pyridine rings is 1. The minimum Gasteiger partial charge on any atom is -0.497 e. The van der Waals surface area contributed by atoms with E-state index in [4.69, 9.17) is 21.1 Å². The fourth-order valence-corrected chi connectivity index (χ4v) is 3.37. The van der Waals surface area contributed by atoms with Crippen LogP contribution in [0.5, 0.6) is 5.75 Å². The fraction of sp³-hybridized carbons (Fsp3) is 0.333. The molecule has 1 heterocycles. The smallest absolute Gasteiger partial charge is 0.410 e. The molecule has 1 amide bonds. The van der Waals surface area contributed by atoms with Gasteiger partial charge in [0.2, 0.25) is 0 Å². The molecule has 6 nitrogen and oxygen atoms in total. The first-order valence-electron chi connectivity index (χ1n) is 10.2. The maximum absolute atomic E-state index is 13.8. The number of aromatic nitrogens is 1. The van der Waals surface area contributed by atoms with E-state index in [0.717, 1.165) is 16.6 Å². The topological polar surface area (TPSA) is 54.9 Å². The average Bonchev–Trinajstić information content (AvgIpc) is 2.74. The normalized spacial score (nSPS) is 11.3. The van der Waals surface area contributed by atoms with Crippen LogP contribution in [0.1, 0.15) is 20.8 Å².